The minimum absolute atomic E-state index is 0.548. The van der Waals surface area contributed by atoms with E-state index in [1.807, 2.05) is 6.07 Å². The van der Waals surface area contributed by atoms with Gasteiger partial charge in [0.15, 0.2) is 0 Å². The Morgan fingerprint density at radius 2 is 1.95 bits per heavy atom. The van der Waals surface area contributed by atoms with Gasteiger partial charge < -0.3 is 11.1 Å². The first-order valence-electron chi connectivity index (χ1n) is 7.61. The van der Waals surface area contributed by atoms with E-state index in [2.05, 4.69) is 29.1 Å². The quantitative estimate of drug-likeness (QED) is 0.853. The van der Waals surface area contributed by atoms with Crippen molar-refractivity contribution < 1.29 is 0 Å². The Bertz CT molecular complexity index is 397. The summed E-state index contributed by atoms with van der Waals surface area (Å²) >= 11 is 0. The summed E-state index contributed by atoms with van der Waals surface area (Å²) in [5.74, 6) is 3.25. The number of aryl methyl sites for hydroxylation is 1. The van der Waals surface area contributed by atoms with E-state index in [1.54, 1.807) is 0 Å². The summed E-state index contributed by atoms with van der Waals surface area (Å²) < 4.78 is 0. The van der Waals surface area contributed by atoms with Gasteiger partial charge in [0, 0.05) is 18.5 Å². The lowest BCUT2D eigenvalue weighted by Gasteiger charge is -2.28. The number of nitrogens with zero attached hydrogens (tertiary/aromatic N) is 2. The van der Waals surface area contributed by atoms with Gasteiger partial charge in [0.05, 0.1) is 0 Å². The lowest BCUT2D eigenvalue weighted by Crippen LogP contribution is -2.26. The van der Waals surface area contributed by atoms with Gasteiger partial charge in [-0.3, -0.25) is 0 Å². The molecule has 0 radical (unpaired) electrons. The molecule has 1 fully saturated rings. The molecular weight excluding hydrogens is 236 g/mol. The van der Waals surface area contributed by atoms with Crippen molar-refractivity contribution in [1.82, 2.24) is 9.97 Å². The molecule has 0 saturated heterocycles. The third kappa shape index (κ3) is 4.08. The summed E-state index contributed by atoms with van der Waals surface area (Å²) in [6.45, 7) is 4.42. The molecule has 0 spiro atoms. The van der Waals surface area contributed by atoms with Gasteiger partial charge in [0.25, 0.3) is 0 Å². The van der Waals surface area contributed by atoms with E-state index in [4.69, 9.17) is 5.73 Å². The first-order chi connectivity index (χ1) is 9.21. The molecule has 0 aromatic carbocycles. The minimum Gasteiger partial charge on any atom is -0.384 e. The molecule has 4 nitrogen and oxygen atoms in total. The van der Waals surface area contributed by atoms with Gasteiger partial charge in [0.1, 0.15) is 17.5 Å². The number of nitrogen functional groups attached to an aromatic ring is 1. The van der Waals surface area contributed by atoms with Crippen LogP contribution in [-0.4, -0.2) is 16.0 Å². The van der Waals surface area contributed by atoms with E-state index in [0.717, 1.165) is 30.4 Å². The number of hydrogen-bond acceptors (Lipinski definition) is 4. The van der Waals surface area contributed by atoms with Gasteiger partial charge in [-0.25, -0.2) is 9.97 Å². The van der Waals surface area contributed by atoms with E-state index >= 15 is 0 Å². The second-order valence-electron chi connectivity index (χ2n) is 5.61. The van der Waals surface area contributed by atoms with Crippen molar-refractivity contribution in [3.63, 3.8) is 0 Å². The van der Waals surface area contributed by atoms with Crippen LogP contribution in [0.2, 0.25) is 0 Å². The molecule has 19 heavy (non-hydrogen) atoms. The van der Waals surface area contributed by atoms with Crippen LogP contribution in [0.4, 0.5) is 11.6 Å². The van der Waals surface area contributed by atoms with Gasteiger partial charge in [-0.2, -0.15) is 0 Å². The molecule has 1 heterocycles. The normalized spacial score (nSPS) is 23.3. The van der Waals surface area contributed by atoms with Crippen molar-refractivity contribution in [3.8, 4) is 0 Å². The topological polar surface area (TPSA) is 63.8 Å². The first kappa shape index (κ1) is 14.1. The van der Waals surface area contributed by atoms with Crippen molar-refractivity contribution in [2.45, 2.75) is 64.8 Å². The fourth-order valence-corrected chi connectivity index (χ4v) is 2.85. The highest BCUT2D eigenvalue weighted by Gasteiger charge is 2.20. The number of aromatic nitrogens is 2. The summed E-state index contributed by atoms with van der Waals surface area (Å²) in [6, 6.07) is 2.40. The Morgan fingerprint density at radius 3 is 2.58 bits per heavy atom. The van der Waals surface area contributed by atoms with Crippen LogP contribution >= 0.6 is 0 Å². The summed E-state index contributed by atoms with van der Waals surface area (Å²) in [4.78, 5) is 8.82. The smallest absolute Gasteiger partial charge is 0.133 e. The lowest BCUT2D eigenvalue weighted by molar-refractivity contribution is 0.330. The second kappa shape index (κ2) is 6.73. The van der Waals surface area contributed by atoms with Crippen LogP contribution in [0.5, 0.6) is 0 Å². The van der Waals surface area contributed by atoms with Crippen LogP contribution in [0.15, 0.2) is 6.07 Å². The lowest BCUT2D eigenvalue weighted by atomic mass is 9.84. The predicted octanol–water partition coefficient (Wildman–Crippen LogP) is 3.39. The molecule has 106 valence electrons. The standard InChI is InChI=1S/C15H26N4/c1-3-5-14-18-13(16)10-15(19-14)17-12-8-6-11(4-2)7-9-12/h10-12H,3-9H2,1-2H3,(H3,16,17,18,19). The predicted molar refractivity (Wildman–Crippen MR) is 80.1 cm³/mol. The minimum atomic E-state index is 0.548. The van der Waals surface area contributed by atoms with Crippen molar-refractivity contribution in [2.24, 2.45) is 5.92 Å². The molecule has 0 aliphatic heterocycles. The zero-order chi connectivity index (χ0) is 13.7. The molecule has 0 bridgehead atoms. The van der Waals surface area contributed by atoms with E-state index < -0.39 is 0 Å². The summed E-state index contributed by atoms with van der Waals surface area (Å²) in [7, 11) is 0. The maximum Gasteiger partial charge on any atom is 0.133 e. The molecule has 4 heteroatoms. The zero-order valence-corrected chi connectivity index (χ0v) is 12.2. The Morgan fingerprint density at radius 1 is 1.21 bits per heavy atom. The van der Waals surface area contributed by atoms with Gasteiger partial charge >= 0.3 is 0 Å². The molecule has 1 aliphatic rings. The van der Waals surface area contributed by atoms with E-state index in [0.29, 0.717) is 11.9 Å². The van der Waals surface area contributed by atoms with Crippen LogP contribution in [0.25, 0.3) is 0 Å². The highest BCUT2D eigenvalue weighted by atomic mass is 15.1. The number of nitrogens with one attached hydrogen (secondary N) is 1. The largest absolute Gasteiger partial charge is 0.384 e. The van der Waals surface area contributed by atoms with Gasteiger partial charge in [0.2, 0.25) is 0 Å². The van der Waals surface area contributed by atoms with Gasteiger partial charge in [-0.1, -0.05) is 20.3 Å². The number of hydrogen-bond donors (Lipinski definition) is 2. The average molecular weight is 262 g/mol. The average Bonchev–Trinajstić information content (AvgIpc) is 2.39. The highest BCUT2D eigenvalue weighted by Crippen LogP contribution is 2.28. The van der Waals surface area contributed by atoms with Crippen LogP contribution < -0.4 is 11.1 Å². The fourth-order valence-electron chi connectivity index (χ4n) is 2.85. The first-order valence-corrected chi connectivity index (χ1v) is 7.61. The maximum atomic E-state index is 5.85. The van der Waals surface area contributed by atoms with E-state index in [-0.39, 0.29) is 0 Å². The third-order valence-electron chi connectivity index (χ3n) is 4.04. The molecule has 1 aromatic rings. The Labute approximate surface area is 116 Å². The van der Waals surface area contributed by atoms with Crippen molar-refractivity contribution in [1.29, 1.82) is 0 Å². The SMILES string of the molecule is CCCc1nc(N)cc(NC2CCC(CC)CC2)n1. The summed E-state index contributed by atoms with van der Waals surface area (Å²) in [6.07, 6.45) is 8.39. The number of rotatable bonds is 5. The molecule has 0 unspecified atom stereocenters. The maximum absolute atomic E-state index is 5.85. The summed E-state index contributed by atoms with van der Waals surface area (Å²) in [5, 5.41) is 3.53. The molecule has 0 atom stereocenters. The zero-order valence-electron chi connectivity index (χ0n) is 12.2. The van der Waals surface area contributed by atoms with Crippen molar-refractivity contribution in [2.75, 3.05) is 11.1 Å². The Balaban J connectivity index is 1.95. The van der Waals surface area contributed by atoms with Crippen LogP contribution in [0.1, 0.15) is 58.2 Å². The van der Waals surface area contributed by atoms with E-state index in [9.17, 15) is 0 Å². The third-order valence-corrected chi connectivity index (χ3v) is 4.04. The Hall–Kier alpha value is -1.32. The van der Waals surface area contributed by atoms with Crippen molar-refractivity contribution in [3.05, 3.63) is 11.9 Å². The van der Waals surface area contributed by atoms with Crippen LogP contribution in [0, 0.1) is 5.92 Å². The number of nitrogens with two attached hydrogens (primary N) is 1. The van der Waals surface area contributed by atoms with Gasteiger partial charge in [-0.05, 0) is 38.0 Å². The molecule has 2 rings (SSSR count). The van der Waals surface area contributed by atoms with Gasteiger partial charge in [-0.15, -0.1) is 0 Å². The van der Waals surface area contributed by atoms with E-state index in [1.165, 1.54) is 32.1 Å². The monoisotopic (exact) mass is 262 g/mol. The highest BCUT2D eigenvalue weighted by molar-refractivity contribution is 5.45. The summed E-state index contributed by atoms with van der Waals surface area (Å²) in [5.41, 5.74) is 5.85. The molecule has 3 N–H and O–H groups in total. The molecule has 0 amide bonds. The second-order valence-corrected chi connectivity index (χ2v) is 5.61. The Kier molecular flexibility index (Phi) is 5.00. The van der Waals surface area contributed by atoms with Crippen molar-refractivity contribution >= 4 is 11.6 Å². The molecule has 1 saturated carbocycles. The molecule has 1 aromatic heterocycles. The van der Waals surface area contributed by atoms with Crippen LogP contribution in [0.3, 0.4) is 0 Å². The number of anilines is 2. The molecule has 1 aliphatic carbocycles. The molecular formula is C15H26N4. The fraction of sp³-hybridized carbons (Fsp3) is 0.733. The van der Waals surface area contributed by atoms with Crippen LogP contribution in [-0.2, 0) is 6.42 Å².